The third-order valence-electron chi connectivity index (χ3n) is 4.40. The van der Waals surface area contributed by atoms with E-state index < -0.39 is 0 Å². The van der Waals surface area contributed by atoms with Crippen LogP contribution in [-0.2, 0) is 0 Å². The Labute approximate surface area is 137 Å². The predicted octanol–water partition coefficient (Wildman–Crippen LogP) is 5.04. The van der Waals surface area contributed by atoms with Crippen LogP contribution >= 0.6 is 0 Å². The van der Waals surface area contributed by atoms with Gasteiger partial charge < -0.3 is 9.64 Å². The van der Waals surface area contributed by atoms with Gasteiger partial charge in [0.1, 0.15) is 11.5 Å². The van der Waals surface area contributed by atoms with Crippen molar-refractivity contribution in [3.05, 3.63) is 89.5 Å². The van der Waals surface area contributed by atoms with Gasteiger partial charge >= 0.3 is 0 Å². The van der Waals surface area contributed by atoms with Gasteiger partial charge in [-0.2, -0.15) is 0 Å². The lowest BCUT2D eigenvalue weighted by Crippen LogP contribution is -2.18. The zero-order chi connectivity index (χ0) is 15.8. The average molecular weight is 301 g/mol. The maximum atomic E-state index is 6.19. The van der Waals surface area contributed by atoms with Crippen LogP contribution in [0, 0.1) is 0 Å². The Bertz CT molecular complexity index is 839. The molecule has 0 spiro atoms. The monoisotopic (exact) mass is 301 g/mol. The maximum Gasteiger partial charge on any atom is 0.133 e. The minimum Gasteiger partial charge on any atom is -0.457 e. The van der Waals surface area contributed by atoms with Crippen LogP contribution in [0.5, 0.6) is 11.5 Å². The van der Waals surface area contributed by atoms with Crippen molar-refractivity contribution in [2.75, 3.05) is 19.0 Å². The molecule has 0 saturated carbocycles. The van der Waals surface area contributed by atoms with Crippen LogP contribution in [0.15, 0.2) is 72.8 Å². The Hall–Kier alpha value is -2.74. The van der Waals surface area contributed by atoms with Gasteiger partial charge in [-0.15, -0.1) is 0 Å². The molecular weight excluding hydrogens is 282 g/mol. The summed E-state index contributed by atoms with van der Waals surface area (Å²) >= 11 is 0. The van der Waals surface area contributed by atoms with Gasteiger partial charge in [-0.1, -0.05) is 54.6 Å². The molecule has 23 heavy (non-hydrogen) atoms. The van der Waals surface area contributed by atoms with E-state index in [0.29, 0.717) is 0 Å². The van der Waals surface area contributed by atoms with Gasteiger partial charge in [-0.05, 0) is 23.8 Å². The van der Waals surface area contributed by atoms with Crippen LogP contribution in [0.1, 0.15) is 22.6 Å². The number of rotatable bonds is 2. The standard InChI is InChI=1S/C21H19NO/c1-22(2)17-12-8-14-19-21(17)20(15-9-4-3-5-10-15)16-11-6-7-13-18(16)23-19/h3-14,20H,1-2H3. The zero-order valence-electron chi connectivity index (χ0n) is 13.4. The molecule has 1 heterocycles. The first-order valence-electron chi connectivity index (χ1n) is 7.87. The van der Waals surface area contributed by atoms with Gasteiger partial charge in [0.05, 0.1) is 0 Å². The van der Waals surface area contributed by atoms with E-state index in [1.54, 1.807) is 0 Å². The molecule has 1 aliphatic rings. The number of hydrogen-bond donors (Lipinski definition) is 0. The second-order valence-electron chi connectivity index (χ2n) is 6.07. The summed E-state index contributed by atoms with van der Waals surface area (Å²) in [5, 5.41) is 0. The number of para-hydroxylation sites is 1. The summed E-state index contributed by atoms with van der Waals surface area (Å²) in [4.78, 5) is 2.16. The van der Waals surface area contributed by atoms with E-state index in [2.05, 4.69) is 85.7 Å². The van der Waals surface area contributed by atoms with Gasteiger partial charge in [0, 0.05) is 36.8 Å². The molecule has 0 saturated heterocycles. The lowest BCUT2D eigenvalue weighted by atomic mass is 9.81. The van der Waals surface area contributed by atoms with Gasteiger partial charge in [-0.3, -0.25) is 0 Å². The van der Waals surface area contributed by atoms with Crippen LogP contribution in [0.2, 0.25) is 0 Å². The molecule has 4 rings (SSSR count). The highest BCUT2D eigenvalue weighted by Gasteiger charge is 2.31. The van der Waals surface area contributed by atoms with Crippen LogP contribution in [0.3, 0.4) is 0 Å². The molecule has 3 aromatic carbocycles. The molecule has 0 fully saturated rings. The highest BCUT2D eigenvalue weighted by molar-refractivity contribution is 5.69. The summed E-state index contributed by atoms with van der Waals surface area (Å²) < 4.78 is 6.19. The fraction of sp³-hybridized carbons (Fsp3) is 0.143. The Balaban J connectivity index is 2.01. The molecule has 1 unspecified atom stereocenters. The van der Waals surface area contributed by atoms with Crippen LogP contribution in [0.25, 0.3) is 0 Å². The topological polar surface area (TPSA) is 12.5 Å². The Morgan fingerprint density at radius 2 is 1.43 bits per heavy atom. The fourth-order valence-corrected chi connectivity index (χ4v) is 3.38. The largest absolute Gasteiger partial charge is 0.457 e. The molecular formula is C21H19NO. The van der Waals surface area contributed by atoms with E-state index >= 15 is 0 Å². The minimum atomic E-state index is 0.190. The number of fused-ring (bicyclic) bond motifs is 2. The first-order chi connectivity index (χ1) is 11.3. The summed E-state index contributed by atoms with van der Waals surface area (Å²) in [6.07, 6.45) is 0. The van der Waals surface area contributed by atoms with Crippen molar-refractivity contribution in [1.29, 1.82) is 0 Å². The lowest BCUT2D eigenvalue weighted by molar-refractivity contribution is 0.453. The van der Waals surface area contributed by atoms with Crippen molar-refractivity contribution in [1.82, 2.24) is 0 Å². The van der Waals surface area contributed by atoms with Gasteiger partial charge in [0.2, 0.25) is 0 Å². The van der Waals surface area contributed by atoms with Crippen molar-refractivity contribution < 1.29 is 4.74 Å². The van der Waals surface area contributed by atoms with Gasteiger partial charge in [0.25, 0.3) is 0 Å². The second kappa shape index (κ2) is 5.47. The molecule has 114 valence electrons. The molecule has 2 heteroatoms. The van der Waals surface area contributed by atoms with Gasteiger partial charge in [-0.25, -0.2) is 0 Å². The van der Waals surface area contributed by atoms with Crippen molar-refractivity contribution in [2.24, 2.45) is 0 Å². The zero-order valence-corrected chi connectivity index (χ0v) is 13.4. The highest BCUT2D eigenvalue weighted by atomic mass is 16.5. The molecule has 0 aromatic heterocycles. The average Bonchev–Trinajstić information content (AvgIpc) is 2.59. The molecule has 1 aliphatic heterocycles. The molecule has 0 radical (unpaired) electrons. The van der Waals surface area contributed by atoms with Crippen LogP contribution < -0.4 is 9.64 Å². The molecule has 0 bridgehead atoms. The molecule has 0 amide bonds. The summed E-state index contributed by atoms with van der Waals surface area (Å²) in [5.41, 5.74) is 4.95. The number of ether oxygens (including phenoxy) is 1. The van der Waals surface area contributed by atoms with E-state index in [4.69, 9.17) is 4.74 Å². The van der Waals surface area contributed by atoms with E-state index in [1.807, 2.05) is 6.07 Å². The number of benzene rings is 3. The van der Waals surface area contributed by atoms with E-state index in [-0.39, 0.29) is 5.92 Å². The third-order valence-corrected chi connectivity index (χ3v) is 4.40. The number of nitrogens with zero attached hydrogens (tertiary/aromatic N) is 1. The van der Waals surface area contributed by atoms with E-state index in [0.717, 1.165) is 11.5 Å². The Morgan fingerprint density at radius 1 is 0.739 bits per heavy atom. The summed E-state index contributed by atoms with van der Waals surface area (Å²) in [5.74, 6) is 2.09. The van der Waals surface area contributed by atoms with E-state index in [1.165, 1.54) is 22.4 Å². The summed E-state index contributed by atoms with van der Waals surface area (Å²) in [6.45, 7) is 0. The molecule has 3 aromatic rings. The highest BCUT2D eigenvalue weighted by Crippen LogP contribution is 2.50. The van der Waals surface area contributed by atoms with Crippen molar-refractivity contribution in [3.8, 4) is 11.5 Å². The van der Waals surface area contributed by atoms with Crippen molar-refractivity contribution >= 4 is 5.69 Å². The summed E-state index contributed by atoms with van der Waals surface area (Å²) in [6, 6.07) is 25.3. The normalized spacial score (nSPS) is 15.3. The second-order valence-corrected chi connectivity index (χ2v) is 6.07. The third kappa shape index (κ3) is 2.27. The van der Waals surface area contributed by atoms with E-state index in [9.17, 15) is 0 Å². The van der Waals surface area contributed by atoms with Gasteiger partial charge in [0.15, 0.2) is 0 Å². The molecule has 0 aliphatic carbocycles. The SMILES string of the molecule is CN(C)c1cccc2c1C(c1ccccc1)c1ccccc1O2. The Morgan fingerprint density at radius 3 is 2.22 bits per heavy atom. The van der Waals surface area contributed by atoms with Crippen molar-refractivity contribution in [3.63, 3.8) is 0 Å². The quantitative estimate of drug-likeness (QED) is 0.514. The smallest absolute Gasteiger partial charge is 0.133 e. The first kappa shape index (κ1) is 13.9. The van der Waals surface area contributed by atoms with Crippen molar-refractivity contribution in [2.45, 2.75) is 5.92 Å². The maximum absolute atomic E-state index is 6.19. The molecule has 0 N–H and O–H groups in total. The molecule has 2 nitrogen and oxygen atoms in total. The number of hydrogen-bond acceptors (Lipinski definition) is 2. The predicted molar refractivity (Wildman–Crippen MR) is 94.7 cm³/mol. The molecule has 1 atom stereocenters. The minimum absolute atomic E-state index is 0.190. The Kier molecular flexibility index (Phi) is 3.30. The first-order valence-corrected chi connectivity index (χ1v) is 7.87. The van der Waals surface area contributed by atoms with Crippen LogP contribution in [0.4, 0.5) is 5.69 Å². The lowest BCUT2D eigenvalue weighted by Gasteiger charge is -2.32. The number of anilines is 1. The van der Waals surface area contributed by atoms with Crippen LogP contribution in [-0.4, -0.2) is 14.1 Å². The fourth-order valence-electron chi connectivity index (χ4n) is 3.38. The summed E-state index contributed by atoms with van der Waals surface area (Å²) in [7, 11) is 4.16.